The number of ether oxygens (including phenoxy) is 4. The molecule has 0 saturated heterocycles. The molecule has 0 aliphatic heterocycles. The van der Waals surface area contributed by atoms with Crippen LogP contribution in [0.1, 0.15) is 10.5 Å². The maximum atomic E-state index is 12.6. The number of carbonyl (C=O) groups excluding carboxylic acids is 1. The summed E-state index contributed by atoms with van der Waals surface area (Å²) in [7, 11) is 6.23. The van der Waals surface area contributed by atoms with Gasteiger partial charge in [0.05, 0.1) is 39.8 Å². The van der Waals surface area contributed by atoms with E-state index >= 15 is 0 Å². The molecule has 0 spiro atoms. The fraction of sp³-hybridized carbons (Fsp3) is 0.200. The number of methoxy groups -OCH3 is 4. The van der Waals surface area contributed by atoms with E-state index in [-0.39, 0.29) is 5.91 Å². The second-order valence-electron chi connectivity index (χ2n) is 5.75. The molecular formula is C20H21N3O5. The second-order valence-corrected chi connectivity index (χ2v) is 5.75. The molecule has 3 aromatic rings. The van der Waals surface area contributed by atoms with Crippen LogP contribution in [0.2, 0.25) is 0 Å². The molecule has 2 N–H and O–H groups in total. The topological polar surface area (TPSA) is 94.7 Å². The molecular weight excluding hydrogens is 362 g/mol. The molecule has 0 bridgehead atoms. The van der Waals surface area contributed by atoms with Crippen molar-refractivity contribution in [2.45, 2.75) is 0 Å². The largest absolute Gasteiger partial charge is 0.497 e. The highest BCUT2D eigenvalue weighted by atomic mass is 16.5. The number of hydrogen-bond acceptors (Lipinski definition) is 6. The zero-order valence-corrected chi connectivity index (χ0v) is 16.0. The number of aromatic amines is 1. The average molecular weight is 383 g/mol. The standard InChI is InChI=1S/C20H21N3O5/c1-25-12-5-7-14(18(9-12)27-3)16-11-17(23-22-16)20(24)21-15-8-6-13(26-2)10-19(15)28-4/h5-11H,1-4H3,(H,21,24)(H,22,23). The van der Waals surface area contributed by atoms with E-state index in [4.69, 9.17) is 18.9 Å². The molecule has 8 heteroatoms. The van der Waals surface area contributed by atoms with E-state index in [0.717, 1.165) is 5.56 Å². The highest BCUT2D eigenvalue weighted by Gasteiger charge is 2.16. The van der Waals surface area contributed by atoms with Gasteiger partial charge in [-0.25, -0.2) is 0 Å². The normalized spacial score (nSPS) is 10.3. The molecule has 1 amide bonds. The van der Waals surface area contributed by atoms with Crippen LogP contribution in [0, 0.1) is 0 Å². The summed E-state index contributed by atoms with van der Waals surface area (Å²) in [5.74, 6) is 2.03. The van der Waals surface area contributed by atoms with Crippen molar-refractivity contribution in [3.05, 3.63) is 48.2 Å². The Morgan fingerprint density at radius 3 is 2.14 bits per heavy atom. The number of aromatic nitrogens is 2. The van der Waals surface area contributed by atoms with E-state index < -0.39 is 0 Å². The Labute approximate surface area is 162 Å². The van der Waals surface area contributed by atoms with Crippen LogP contribution in [0.3, 0.4) is 0 Å². The number of benzene rings is 2. The first kappa shape index (κ1) is 19.1. The van der Waals surface area contributed by atoms with Crippen molar-refractivity contribution in [3.8, 4) is 34.3 Å². The Kier molecular flexibility index (Phi) is 5.69. The third kappa shape index (κ3) is 3.85. The first-order chi connectivity index (χ1) is 13.6. The van der Waals surface area contributed by atoms with E-state index in [9.17, 15) is 4.79 Å². The lowest BCUT2D eigenvalue weighted by molar-refractivity contribution is 0.102. The molecule has 146 valence electrons. The third-order valence-corrected chi connectivity index (χ3v) is 4.16. The molecule has 0 atom stereocenters. The van der Waals surface area contributed by atoms with Gasteiger partial charge in [0.25, 0.3) is 5.91 Å². The Morgan fingerprint density at radius 1 is 0.857 bits per heavy atom. The van der Waals surface area contributed by atoms with Crippen molar-refractivity contribution in [2.75, 3.05) is 33.8 Å². The lowest BCUT2D eigenvalue weighted by Crippen LogP contribution is -2.13. The Morgan fingerprint density at radius 2 is 1.50 bits per heavy atom. The van der Waals surface area contributed by atoms with Crippen molar-refractivity contribution in [3.63, 3.8) is 0 Å². The van der Waals surface area contributed by atoms with E-state index in [1.165, 1.54) is 7.11 Å². The molecule has 0 aliphatic carbocycles. The zero-order valence-electron chi connectivity index (χ0n) is 16.0. The smallest absolute Gasteiger partial charge is 0.273 e. The quantitative estimate of drug-likeness (QED) is 0.650. The summed E-state index contributed by atoms with van der Waals surface area (Å²) in [6.45, 7) is 0. The number of nitrogens with zero attached hydrogens (tertiary/aromatic N) is 1. The molecule has 3 rings (SSSR count). The maximum Gasteiger partial charge on any atom is 0.273 e. The van der Waals surface area contributed by atoms with Crippen LogP contribution >= 0.6 is 0 Å². The fourth-order valence-corrected chi connectivity index (χ4v) is 2.68. The van der Waals surface area contributed by atoms with Crippen LogP contribution in [-0.2, 0) is 0 Å². The van der Waals surface area contributed by atoms with Crippen LogP contribution in [0.5, 0.6) is 23.0 Å². The molecule has 0 unspecified atom stereocenters. The minimum absolute atomic E-state index is 0.297. The molecule has 1 heterocycles. The lowest BCUT2D eigenvalue weighted by Gasteiger charge is -2.11. The van der Waals surface area contributed by atoms with Crippen LogP contribution in [-0.4, -0.2) is 44.5 Å². The van der Waals surface area contributed by atoms with Gasteiger partial charge in [-0.3, -0.25) is 9.89 Å². The molecule has 2 aromatic carbocycles. The number of rotatable bonds is 7. The van der Waals surface area contributed by atoms with Gasteiger partial charge in [-0.2, -0.15) is 5.10 Å². The predicted molar refractivity (Wildman–Crippen MR) is 105 cm³/mol. The van der Waals surface area contributed by atoms with Gasteiger partial charge in [0, 0.05) is 17.7 Å². The minimum Gasteiger partial charge on any atom is -0.497 e. The summed E-state index contributed by atoms with van der Waals surface area (Å²) in [6, 6.07) is 12.2. The van der Waals surface area contributed by atoms with Crippen molar-refractivity contribution in [1.82, 2.24) is 10.2 Å². The minimum atomic E-state index is -0.352. The van der Waals surface area contributed by atoms with Gasteiger partial charge >= 0.3 is 0 Å². The number of hydrogen-bond donors (Lipinski definition) is 2. The molecule has 0 radical (unpaired) electrons. The lowest BCUT2D eigenvalue weighted by atomic mass is 10.1. The van der Waals surface area contributed by atoms with Gasteiger partial charge < -0.3 is 24.3 Å². The molecule has 1 aromatic heterocycles. The zero-order chi connectivity index (χ0) is 20.1. The van der Waals surface area contributed by atoms with Gasteiger partial charge in [-0.05, 0) is 30.3 Å². The molecule has 8 nitrogen and oxygen atoms in total. The number of nitrogens with one attached hydrogen (secondary N) is 2. The van der Waals surface area contributed by atoms with E-state index in [2.05, 4.69) is 15.5 Å². The monoisotopic (exact) mass is 383 g/mol. The Bertz CT molecular complexity index is 984. The van der Waals surface area contributed by atoms with Crippen LogP contribution in [0.25, 0.3) is 11.3 Å². The molecule has 0 saturated carbocycles. The summed E-state index contributed by atoms with van der Waals surface area (Å²) < 4.78 is 21.1. The first-order valence-corrected chi connectivity index (χ1v) is 8.40. The highest BCUT2D eigenvalue weighted by molar-refractivity contribution is 6.04. The van der Waals surface area contributed by atoms with E-state index in [1.807, 2.05) is 6.07 Å². The van der Waals surface area contributed by atoms with Gasteiger partial charge in [0.2, 0.25) is 0 Å². The molecule has 28 heavy (non-hydrogen) atoms. The number of carbonyl (C=O) groups is 1. The SMILES string of the molecule is COc1ccc(NC(=O)c2cc(-c3ccc(OC)cc3OC)n[nH]2)c(OC)c1. The highest BCUT2D eigenvalue weighted by Crippen LogP contribution is 2.33. The van der Waals surface area contributed by atoms with Crippen molar-refractivity contribution in [2.24, 2.45) is 0 Å². The van der Waals surface area contributed by atoms with E-state index in [0.29, 0.717) is 40.1 Å². The van der Waals surface area contributed by atoms with Crippen molar-refractivity contribution < 1.29 is 23.7 Å². The summed E-state index contributed by atoms with van der Waals surface area (Å²) >= 11 is 0. The predicted octanol–water partition coefficient (Wildman–Crippen LogP) is 3.36. The number of H-pyrrole nitrogens is 1. The summed E-state index contributed by atoms with van der Waals surface area (Å²) in [6.07, 6.45) is 0. The van der Waals surface area contributed by atoms with Crippen LogP contribution < -0.4 is 24.3 Å². The van der Waals surface area contributed by atoms with Gasteiger partial charge in [0.15, 0.2) is 0 Å². The second kappa shape index (κ2) is 8.34. The van der Waals surface area contributed by atoms with Gasteiger partial charge in [-0.1, -0.05) is 0 Å². The Hall–Kier alpha value is -3.68. The number of amides is 1. The summed E-state index contributed by atoms with van der Waals surface area (Å²) in [5, 5.41) is 9.77. The van der Waals surface area contributed by atoms with Crippen molar-refractivity contribution >= 4 is 11.6 Å². The fourth-order valence-electron chi connectivity index (χ4n) is 2.68. The molecule has 0 fully saturated rings. The first-order valence-electron chi connectivity index (χ1n) is 8.40. The van der Waals surface area contributed by atoms with Crippen molar-refractivity contribution in [1.29, 1.82) is 0 Å². The van der Waals surface area contributed by atoms with Gasteiger partial charge in [0.1, 0.15) is 28.7 Å². The van der Waals surface area contributed by atoms with Gasteiger partial charge in [-0.15, -0.1) is 0 Å². The Balaban J connectivity index is 1.84. The maximum absolute atomic E-state index is 12.6. The third-order valence-electron chi connectivity index (χ3n) is 4.16. The van der Waals surface area contributed by atoms with Crippen LogP contribution in [0.4, 0.5) is 5.69 Å². The molecule has 0 aliphatic rings. The average Bonchev–Trinajstić information content (AvgIpc) is 3.23. The van der Waals surface area contributed by atoms with E-state index in [1.54, 1.807) is 57.7 Å². The number of anilines is 1. The summed E-state index contributed by atoms with van der Waals surface area (Å²) in [4.78, 5) is 12.6. The van der Waals surface area contributed by atoms with Crippen LogP contribution in [0.15, 0.2) is 42.5 Å². The summed E-state index contributed by atoms with van der Waals surface area (Å²) in [5.41, 5.74) is 2.13.